The van der Waals surface area contributed by atoms with Gasteiger partial charge >= 0.3 is 12.0 Å². The maximum Gasteiger partial charge on any atom is 0.327 e. The fourth-order valence-electron chi connectivity index (χ4n) is 5.19. The highest BCUT2D eigenvalue weighted by Gasteiger charge is 2.53. The number of ether oxygens (including phenoxy) is 1. The highest BCUT2D eigenvalue weighted by Crippen LogP contribution is 2.35. The highest BCUT2D eigenvalue weighted by atomic mass is 16.5. The van der Waals surface area contributed by atoms with Gasteiger partial charge in [-0.3, -0.25) is 19.3 Å². The van der Waals surface area contributed by atoms with E-state index >= 15 is 0 Å². The normalized spacial score (nSPS) is 17.7. The van der Waals surface area contributed by atoms with Gasteiger partial charge in [0.25, 0.3) is 5.91 Å². The number of benzene rings is 2. The lowest BCUT2D eigenvalue weighted by Gasteiger charge is -2.21. The van der Waals surface area contributed by atoms with Crippen LogP contribution in [0.1, 0.15) is 60.2 Å². The number of esters is 1. The average molecular weight is 474 g/mol. The third-order valence-electron chi connectivity index (χ3n) is 7.03. The lowest BCUT2D eigenvalue weighted by molar-refractivity contribution is -0.150. The molecule has 0 bridgehead atoms. The minimum atomic E-state index is -1.21. The van der Waals surface area contributed by atoms with Crippen LogP contribution in [-0.4, -0.2) is 45.7 Å². The number of H-pyrrole nitrogens is 1. The van der Waals surface area contributed by atoms with E-state index < -0.39 is 36.1 Å². The fraction of sp³-hybridized carbons (Fsp3) is 0.333. The number of carbonyl (C=O) groups is 4. The van der Waals surface area contributed by atoms with E-state index in [0.29, 0.717) is 24.0 Å². The summed E-state index contributed by atoms with van der Waals surface area (Å²) in [5.74, 6) is -1.60. The molecule has 2 fully saturated rings. The number of nitrogens with one attached hydrogen (secondary N) is 2. The number of nitrogens with zero attached hydrogens (tertiary/aromatic N) is 1. The van der Waals surface area contributed by atoms with Crippen molar-refractivity contribution in [1.82, 2.24) is 15.2 Å². The third kappa shape index (κ3) is 3.99. The van der Waals surface area contributed by atoms with Crippen LogP contribution in [-0.2, 0) is 20.7 Å². The van der Waals surface area contributed by atoms with Crippen LogP contribution in [0.15, 0.2) is 54.7 Å². The second-order valence-electron chi connectivity index (χ2n) is 9.15. The number of Topliss-reactive ketones (excluding diaryl/α,β-unsaturated/α-hetero) is 1. The van der Waals surface area contributed by atoms with Gasteiger partial charge in [-0.2, -0.15) is 0 Å². The summed E-state index contributed by atoms with van der Waals surface area (Å²) in [4.78, 5) is 56.1. The van der Waals surface area contributed by atoms with E-state index in [-0.39, 0.29) is 5.78 Å². The molecule has 3 aromatic rings. The number of aromatic amines is 1. The van der Waals surface area contributed by atoms with E-state index in [0.717, 1.165) is 40.6 Å². The Bertz CT molecular complexity index is 1310. The molecule has 8 heteroatoms. The van der Waals surface area contributed by atoms with Crippen molar-refractivity contribution in [3.63, 3.8) is 0 Å². The number of hydrogen-bond acceptors (Lipinski definition) is 5. The van der Waals surface area contributed by atoms with Gasteiger partial charge in [-0.15, -0.1) is 0 Å². The van der Waals surface area contributed by atoms with Gasteiger partial charge in [0.1, 0.15) is 12.1 Å². The molecule has 2 aromatic carbocycles. The number of amides is 3. The molecule has 2 heterocycles. The molecule has 3 amide bonds. The Morgan fingerprint density at radius 2 is 1.80 bits per heavy atom. The molecule has 1 spiro atoms. The zero-order valence-corrected chi connectivity index (χ0v) is 19.5. The summed E-state index contributed by atoms with van der Waals surface area (Å²) >= 11 is 0. The van der Waals surface area contributed by atoms with Crippen molar-refractivity contribution in [1.29, 1.82) is 0 Å². The standard InChI is InChI=1S/C27H27N3O5/c1-2-17-11-8-12-19-20(15-28-22(17)19)23(32)24(18-9-4-3-5-10-18)35-21(31)16-30-25(33)27(29-26(30)34)13-6-7-14-27/h3-5,8-12,15,24,28H,2,6-7,13-14,16H2,1H3,(H,29,34)/t24-/m1/s1. The molecule has 1 aromatic heterocycles. The molecule has 1 saturated heterocycles. The average Bonchev–Trinajstić information content (AvgIpc) is 3.58. The third-order valence-corrected chi connectivity index (χ3v) is 7.03. The molecule has 0 radical (unpaired) electrons. The first-order chi connectivity index (χ1) is 16.9. The van der Waals surface area contributed by atoms with Crippen LogP contribution in [0, 0.1) is 0 Å². The number of fused-ring (bicyclic) bond motifs is 1. The Balaban J connectivity index is 1.41. The molecule has 180 valence electrons. The Morgan fingerprint density at radius 1 is 1.06 bits per heavy atom. The molecule has 1 saturated carbocycles. The number of urea groups is 1. The number of carbonyl (C=O) groups excluding carboxylic acids is 4. The van der Waals surface area contributed by atoms with Crippen molar-refractivity contribution in [2.75, 3.05) is 6.54 Å². The summed E-state index contributed by atoms with van der Waals surface area (Å²) < 4.78 is 5.66. The number of hydrogen-bond donors (Lipinski definition) is 2. The molecule has 2 aliphatic rings. The van der Waals surface area contributed by atoms with E-state index in [9.17, 15) is 19.2 Å². The Hall–Kier alpha value is -3.94. The molecule has 1 atom stereocenters. The van der Waals surface area contributed by atoms with Crippen LogP contribution < -0.4 is 5.32 Å². The summed E-state index contributed by atoms with van der Waals surface area (Å²) in [5, 5.41) is 3.51. The zero-order valence-electron chi connectivity index (χ0n) is 19.5. The minimum absolute atomic E-state index is 0.381. The van der Waals surface area contributed by atoms with E-state index in [4.69, 9.17) is 4.74 Å². The lowest BCUT2D eigenvalue weighted by Crippen LogP contribution is -2.44. The highest BCUT2D eigenvalue weighted by molar-refractivity contribution is 6.12. The summed E-state index contributed by atoms with van der Waals surface area (Å²) in [7, 11) is 0. The van der Waals surface area contributed by atoms with Gasteiger partial charge in [0, 0.05) is 28.2 Å². The largest absolute Gasteiger partial charge is 0.448 e. The number of aromatic nitrogens is 1. The molecule has 1 aliphatic heterocycles. The predicted molar refractivity (Wildman–Crippen MR) is 129 cm³/mol. The van der Waals surface area contributed by atoms with Gasteiger partial charge in [0.2, 0.25) is 5.78 Å². The van der Waals surface area contributed by atoms with Gasteiger partial charge in [-0.05, 0) is 24.8 Å². The SMILES string of the molecule is CCc1cccc2c(C(=O)[C@H](OC(=O)CN3C(=O)NC4(CCCC4)C3=O)c3ccccc3)c[nH]c12. The Labute approximate surface area is 202 Å². The number of aryl methyl sites for hydroxylation is 1. The quantitative estimate of drug-likeness (QED) is 0.306. The number of para-hydroxylation sites is 1. The van der Waals surface area contributed by atoms with Crippen LogP contribution in [0.3, 0.4) is 0 Å². The minimum Gasteiger partial charge on any atom is -0.448 e. The fourth-order valence-corrected chi connectivity index (χ4v) is 5.19. The first-order valence-electron chi connectivity index (χ1n) is 12.0. The summed E-state index contributed by atoms with van der Waals surface area (Å²) in [6.07, 6.45) is 4.05. The molecule has 0 unspecified atom stereocenters. The van der Waals surface area contributed by atoms with Crippen molar-refractivity contribution in [2.45, 2.75) is 50.7 Å². The van der Waals surface area contributed by atoms with E-state index in [1.807, 2.05) is 25.1 Å². The van der Waals surface area contributed by atoms with Crippen LogP contribution in [0.5, 0.6) is 0 Å². The van der Waals surface area contributed by atoms with Crippen molar-refractivity contribution < 1.29 is 23.9 Å². The van der Waals surface area contributed by atoms with Crippen molar-refractivity contribution in [3.05, 3.63) is 71.4 Å². The maximum absolute atomic E-state index is 13.7. The summed E-state index contributed by atoms with van der Waals surface area (Å²) in [6, 6.07) is 13.9. The van der Waals surface area contributed by atoms with Gasteiger partial charge in [0.15, 0.2) is 6.10 Å². The van der Waals surface area contributed by atoms with Crippen LogP contribution >= 0.6 is 0 Å². The summed E-state index contributed by atoms with van der Waals surface area (Å²) in [6.45, 7) is 1.49. The molecule has 5 rings (SSSR count). The molecular formula is C27H27N3O5. The lowest BCUT2D eigenvalue weighted by atomic mass is 9.98. The van der Waals surface area contributed by atoms with Crippen molar-refractivity contribution in [2.24, 2.45) is 0 Å². The van der Waals surface area contributed by atoms with E-state index in [2.05, 4.69) is 10.3 Å². The molecule has 2 N–H and O–H groups in total. The van der Waals surface area contributed by atoms with Gasteiger partial charge < -0.3 is 15.0 Å². The van der Waals surface area contributed by atoms with E-state index in [1.54, 1.807) is 36.5 Å². The maximum atomic E-state index is 13.7. The van der Waals surface area contributed by atoms with Crippen LogP contribution in [0.25, 0.3) is 10.9 Å². The smallest absolute Gasteiger partial charge is 0.327 e. The van der Waals surface area contributed by atoms with Gasteiger partial charge in [-0.1, -0.05) is 68.3 Å². The predicted octanol–water partition coefficient (Wildman–Crippen LogP) is 4.06. The van der Waals surface area contributed by atoms with Gasteiger partial charge in [-0.25, -0.2) is 4.79 Å². The second kappa shape index (κ2) is 9.02. The first kappa shape index (κ1) is 22.8. The number of imide groups is 1. The number of rotatable bonds is 7. The van der Waals surface area contributed by atoms with Crippen molar-refractivity contribution in [3.8, 4) is 0 Å². The monoisotopic (exact) mass is 473 g/mol. The Kier molecular flexibility index (Phi) is 5.88. The summed E-state index contributed by atoms with van der Waals surface area (Å²) in [5.41, 5.74) is 1.97. The van der Waals surface area contributed by atoms with E-state index in [1.165, 1.54) is 0 Å². The van der Waals surface area contributed by atoms with Crippen LogP contribution in [0.2, 0.25) is 0 Å². The zero-order chi connectivity index (χ0) is 24.6. The number of ketones is 1. The molecule has 35 heavy (non-hydrogen) atoms. The second-order valence-corrected chi connectivity index (χ2v) is 9.15. The van der Waals surface area contributed by atoms with Crippen LogP contribution in [0.4, 0.5) is 4.79 Å². The first-order valence-corrected chi connectivity index (χ1v) is 12.0. The molecular weight excluding hydrogens is 446 g/mol. The van der Waals surface area contributed by atoms with Gasteiger partial charge in [0.05, 0.1) is 0 Å². The van der Waals surface area contributed by atoms with Crippen molar-refractivity contribution >= 4 is 34.6 Å². The Morgan fingerprint density at radius 3 is 2.51 bits per heavy atom. The molecule has 1 aliphatic carbocycles. The topological polar surface area (TPSA) is 109 Å². The molecule has 8 nitrogen and oxygen atoms in total.